The number of rotatable bonds is 5. The zero-order valence-electron chi connectivity index (χ0n) is 11.8. The maximum atomic E-state index is 12.2. The van der Waals surface area contributed by atoms with Crippen LogP contribution in [0.5, 0.6) is 0 Å². The lowest BCUT2D eigenvalue weighted by molar-refractivity contribution is -0.142. The van der Waals surface area contributed by atoms with Gasteiger partial charge in [-0.1, -0.05) is 5.16 Å². The Balaban J connectivity index is 1.91. The van der Waals surface area contributed by atoms with Gasteiger partial charge in [0.1, 0.15) is 12.6 Å². The molecular formula is C12H14F3N5O2. The van der Waals surface area contributed by atoms with Gasteiger partial charge in [-0.05, 0) is 13.8 Å². The molecule has 0 fully saturated rings. The first-order valence-corrected chi connectivity index (χ1v) is 6.33. The number of amides is 1. The highest BCUT2D eigenvalue weighted by Gasteiger charge is 2.28. The van der Waals surface area contributed by atoms with Crippen LogP contribution in [0.4, 0.5) is 24.7 Å². The van der Waals surface area contributed by atoms with Gasteiger partial charge in [0.25, 0.3) is 0 Å². The first-order chi connectivity index (χ1) is 10.2. The Labute approximate surface area is 123 Å². The molecule has 0 aromatic carbocycles. The third-order valence-corrected chi connectivity index (χ3v) is 2.63. The molecule has 10 heteroatoms. The first kappa shape index (κ1) is 15.9. The minimum absolute atomic E-state index is 0.198. The number of hydrogen-bond acceptors (Lipinski definition) is 5. The summed E-state index contributed by atoms with van der Waals surface area (Å²) in [6.45, 7) is 2.07. The molecule has 0 bridgehead atoms. The van der Waals surface area contributed by atoms with Crippen LogP contribution < -0.4 is 10.6 Å². The van der Waals surface area contributed by atoms with E-state index in [0.29, 0.717) is 11.4 Å². The molecule has 0 radical (unpaired) electrons. The zero-order chi connectivity index (χ0) is 16.3. The number of aryl methyl sites for hydroxylation is 1. The number of alkyl halides is 3. The van der Waals surface area contributed by atoms with E-state index in [2.05, 4.69) is 20.9 Å². The van der Waals surface area contributed by atoms with Crippen LogP contribution in [-0.4, -0.2) is 33.1 Å². The van der Waals surface area contributed by atoms with E-state index < -0.39 is 24.7 Å². The fraction of sp³-hybridized carbons (Fsp3) is 0.417. The fourth-order valence-electron chi connectivity index (χ4n) is 1.68. The minimum atomic E-state index is -4.35. The summed E-state index contributed by atoms with van der Waals surface area (Å²) in [5.41, 5.74) is 0.921. The second-order valence-electron chi connectivity index (χ2n) is 4.73. The van der Waals surface area contributed by atoms with E-state index in [1.165, 1.54) is 12.4 Å². The van der Waals surface area contributed by atoms with Gasteiger partial charge in [0, 0.05) is 12.3 Å². The maximum absolute atomic E-state index is 12.2. The summed E-state index contributed by atoms with van der Waals surface area (Å²) >= 11 is 0. The average Bonchev–Trinajstić information content (AvgIpc) is 2.97. The van der Waals surface area contributed by atoms with Gasteiger partial charge in [-0.15, -0.1) is 0 Å². The fourth-order valence-corrected chi connectivity index (χ4v) is 1.68. The van der Waals surface area contributed by atoms with E-state index in [9.17, 15) is 18.0 Å². The average molecular weight is 317 g/mol. The molecule has 0 unspecified atom stereocenters. The molecule has 0 saturated heterocycles. The molecular weight excluding hydrogens is 303 g/mol. The molecule has 2 aromatic rings. The summed E-state index contributed by atoms with van der Waals surface area (Å²) in [7, 11) is 0. The van der Waals surface area contributed by atoms with Crippen molar-refractivity contribution < 1.29 is 22.5 Å². The number of anilines is 2. The van der Waals surface area contributed by atoms with Crippen molar-refractivity contribution in [2.75, 3.05) is 10.6 Å². The highest BCUT2D eigenvalue weighted by Crippen LogP contribution is 2.18. The SMILES string of the molecule is Cc1cc(NC(=O)[C@@H](C)Nc2cnn(CC(F)(F)F)c2)on1. The quantitative estimate of drug-likeness (QED) is 0.883. The Morgan fingerprint density at radius 2 is 2.23 bits per heavy atom. The van der Waals surface area contributed by atoms with Gasteiger partial charge >= 0.3 is 6.18 Å². The molecule has 0 aliphatic heterocycles. The number of carbonyl (C=O) groups excluding carboxylic acids is 1. The molecule has 22 heavy (non-hydrogen) atoms. The number of nitrogens with zero attached hydrogens (tertiary/aromatic N) is 3. The summed E-state index contributed by atoms with van der Waals surface area (Å²) in [6.07, 6.45) is -1.96. The smallest absolute Gasteiger partial charge is 0.371 e. The van der Waals surface area contributed by atoms with E-state index in [-0.39, 0.29) is 5.88 Å². The molecule has 1 atom stereocenters. The van der Waals surface area contributed by atoms with Gasteiger partial charge in [0.05, 0.1) is 17.6 Å². The molecule has 2 aromatic heterocycles. The summed E-state index contributed by atoms with van der Waals surface area (Å²) in [6, 6.07) is 0.848. The van der Waals surface area contributed by atoms with Crippen molar-refractivity contribution in [1.29, 1.82) is 0 Å². The third-order valence-electron chi connectivity index (χ3n) is 2.63. The van der Waals surface area contributed by atoms with Crippen LogP contribution in [0, 0.1) is 6.92 Å². The zero-order valence-corrected chi connectivity index (χ0v) is 11.8. The lowest BCUT2D eigenvalue weighted by atomic mass is 10.3. The molecule has 2 N–H and O–H groups in total. The van der Waals surface area contributed by atoms with Gasteiger partial charge in [-0.3, -0.25) is 14.8 Å². The molecule has 0 saturated carbocycles. The standard InChI is InChI=1S/C12H14F3N5O2/c1-7-3-10(22-19-7)18-11(21)8(2)17-9-4-16-20(5-9)6-12(13,14)15/h3-5,8,17H,6H2,1-2H3,(H,18,21)/t8-/m1/s1. The summed E-state index contributed by atoms with van der Waals surface area (Å²) in [5, 5.41) is 12.4. The number of carbonyl (C=O) groups is 1. The largest absolute Gasteiger partial charge is 0.408 e. The van der Waals surface area contributed by atoms with Crippen molar-refractivity contribution in [3.05, 3.63) is 24.2 Å². The van der Waals surface area contributed by atoms with Crippen molar-refractivity contribution in [1.82, 2.24) is 14.9 Å². The first-order valence-electron chi connectivity index (χ1n) is 6.33. The Morgan fingerprint density at radius 1 is 1.50 bits per heavy atom. The Hall–Kier alpha value is -2.52. The van der Waals surface area contributed by atoms with Crippen molar-refractivity contribution >= 4 is 17.5 Å². The molecule has 0 aliphatic rings. The van der Waals surface area contributed by atoms with Crippen molar-refractivity contribution in [3.63, 3.8) is 0 Å². The predicted molar refractivity (Wildman–Crippen MR) is 71.2 cm³/mol. The number of nitrogens with one attached hydrogen (secondary N) is 2. The van der Waals surface area contributed by atoms with Crippen LogP contribution in [0.25, 0.3) is 0 Å². The van der Waals surface area contributed by atoms with E-state index in [1.807, 2.05) is 0 Å². The molecule has 120 valence electrons. The molecule has 2 rings (SSSR count). The Bertz CT molecular complexity index is 649. The monoisotopic (exact) mass is 317 g/mol. The van der Waals surface area contributed by atoms with Crippen molar-refractivity contribution in [2.45, 2.75) is 32.6 Å². The second kappa shape index (κ2) is 6.08. The number of hydrogen-bond donors (Lipinski definition) is 2. The van der Waals surface area contributed by atoms with Crippen LogP contribution in [0.3, 0.4) is 0 Å². The normalized spacial score (nSPS) is 13.0. The van der Waals surface area contributed by atoms with Crippen LogP contribution in [0.15, 0.2) is 23.0 Å². The summed E-state index contributed by atoms with van der Waals surface area (Å²) < 4.78 is 42.3. The maximum Gasteiger partial charge on any atom is 0.408 e. The summed E-state index contributed by atoms with van der Waals surface area (Å²) in [4.78, 5) is 11.9. The number of aromatic nitrogens is 3. The highest BCUT2D eigenvalue weighted by atomic mass is 19.4. The molecule has 1 amide bonds. The Morgan fingerprint density at radius 3 is 2.82 bits per heavy atom. The lowest BCUT2D eigenvalue weighted by Crippen LogP contribution is -2.31. The van der Waals surface area contributed by atoms with Gasteiger partial charge < -0.3 is 9.84 Å². The van der Waals surface area contributed by atoms with Crippen LogP contribution >= 0.6 is 0 Å². The van der Waals surface area contributed by atoms with Crippen molar-refractivity contribution in [3.8, 4) is 0 Å². The third kappa shape index (κ3) is 4.50. The minimum Gasteiger partial charge on any atom is -0.371 e. The Kier molecular flexibility index (Phi) is 4.38. The van der Waals surface area contributed by atoms with Crippen LogP contribution in [0.1, 0.15) is 12.6 Å². The van der Waals surface area contributed by atoms with E-state index in [0.717, 1.165) is 4.68 Å². The van der Waals surface area contributed by atoms with Crippen molar-refractivity contribution in [2.24, 2.45) is 0 Å². The molecule has 0 spiro atoms. The molecule has 7 nitrogen and oxygen atoms in total. The topological polar surface area (TPSA) is 85.0 Å². The van der Waals surface area contributed by atoms with Crippen LogP contribution in [0.2, 0.25) is 0 Å². The molecule has 2 heterocycles. The number of halogens is 3. The van der Waals surface area contributed by atoms with Gasteiger partial charge in [-0.25, -0.2) is 0 Å². The van der Waals surface area contributed by atoms with E-state index in [4.69, 9.17) is 4.52 Å². The van der Waals surface area contributed by atoms with Crippen LogP contribution in [-0.2, 0) is 11.3 Å². The van der Waals surface area contributed by atoms with Gasteiger partial charge in [0.15, 0.2) is 0 Å². The summed E-state index contributed by atoms with van der Waals surface area (Å²) in [5.74, 6) is -0.219. The highest BCUT2D eigenvalue weighted by molar-refractivity contribution is 5.95. The van der Waals surface area contributed by atoms with E-state index in [1.54, 1.807) is 19.9 Å². The lowest BCUT2D eigenvalue weighted by Gasteiger charge is -2.12. The predicted octanol–water partition coefficient (Wildman–Crippen LogP) is 2.18. The van der Waals surface area contributed by atoms with Gasteiger partial charge in [-0.2, -0.15) is 18.3 Å². The second-order valence-corrected chi connectivity index (χ2v) is 4.73. The van der Waals surface area contributed by atoms with E-state index >= 15 is 0 Å². The van der Waals surface area contributed by atoms with Gasteiger partial charge in [0.2, 0.25) is 11.8 Å². The molecule has 0 aliphatic carbocycles.